The number of benzene rings is 1. The van der Waals surface area contributed by atoms with Gasteiger partial charge in [0.2, 0.25) is 5.92 Å². The number of aliphatic carboxylic acids is 1. The Kier molecular flexibility index (Phi) is 5.99. The van der Waals surface area contributed by atoms with Crippen LogP contribution in [0.25, 0.3) is 5.69 Å². The quantitative estimate of drug-likeness (QED) is 0.613. The minimum atomic E-state index is -2.79. The van der Waals surface area contributed by atoms with Crippen molar-refractivity contribution >= 4 is 11.8 Å². The van der Waals surface area contributed by atoms with Crippen molar-refractivity contribution in [2.75, 3.05) is 5.32 Å². The van der Waals surface area contributed by atoms with Crippen molar-refractivity contribution in [1.82, 2.24) is 9.55 Å². The van der Waals surface area contributed by atoms with Crippen molar-refractivity contribution in [1.29, 1.82) is 0 Å². The molecule has 7 nitrogen and oxygen atoms in total. The first-order valence-electron chi connectivity index (χ1n) is 9.23. The Hall–Kier alpha value is -3.11. The van der Waals surface area contributed by atoms with Crippen molar-refractivity contribution in [3.8, 4) is 5.69 Å². The highest BCUT2D eigenvalue weighted by Crippen LogP contribution is 2.38. The smallest absolute Gasteiger partial charge is 0.334 e. The van der Waals surface area contributed by atoms with Gasteiger partial charge in [-0.15, -0.1) is 0 Å². The van der Waals surface area contributed by atoms with E-state index in [0.29, 0.717) is 10.6 Å². The molecule has 1 fully saturated rings. The number of halogens is 4. The highest BCUT2D eigenvalue weighted by Gasteiger charge is 2.38. The molecule has 2 aromatic rings. The molecule has 0 bridgehead atoms. The van der Waals surface area contributed by atoms with E-state index < -0.39 is 53.2 Å². The summed E-state index contributed by atoms with van der Waals surface area (Å²) in [5.41, 5.74) is -2.23. The zero-order chi connectivity index (χ0) is 22.1. The normalized spacial score (nSPS) is 17.5. The van der Waals surface area contributed by atoms with Gasteiger partial charge in [-0.3, -0.25) is 14.6 Å². The van der Waals surface area contributed by atoms with E-state index in [9.17, 15) is 31.9 Å². The van der Waals surface area contributed by atoms with Crippen LogP contribution >= 0.6 is 0 Å². The summed E-state index contributed by atoms with van der Waals surface area (Å²) in [4.78, 5) is 38.3. The van der Waals surface area contributed by atoms with Crippen LogP contribution in [0.3, 0.4) is 0 Å². The Bertz CT molecular complexity index is 1000. The van der Waals surface area contributed by atoms with Gasteiger partial charge in [0.15, 0.2) is 0 Å². The standard InChI is InChI=1S/C19H19F4N3O4/c20-11-5-12(21)7-13(6-11)26-16(27)9-15(25-18(26)30)24-14(8-17(28)29)10-1-3-19(22,23)4-2-10/h5-7,9-10,14,24H,1-4,8H2,(H,25,30)(H,28,29)/t14-/m1/s1. The minimum Gasteiger partial charge on any atom is -0.481 e. The third kappa shape index (κ3) is 5.08. The fourth-order valence-corrected chi connectivity index (χ4v) is 3.67. The lowest BCUT2D eigenvalue weighted by atomic mass is 9.81. The van der Waals surface area contributed by atoms with Gasteiger partial charge in [0.05, 0.1) is 12.1 Å². The SMILES string of the molecule is O=C(O)C[C@@H](Nc1cc(=O)n(-c2cc(F)cc(F)c2)c(=O)[nH]1)C1CCC(F)(F)CC1. The van der Waals surface area contributed by atoms with E-state index in [-0.39, 0.29) is 37.2 Å². The molecule has 30 heavy (non-hydrogen) atoms. The summed E-state index contributed by atoms with van der Waals surface area (Å²) in [6, 6.07) is 2.35. The number of anilines is 1. The number of carbonyl (C=O) groups is 1. The molecule has 1 aliphatic carbocycles. The maximum absolute atomic E-state index is 13.4. The van der Waals surface area contributed by atoms with Crippen molar-refractivity contribution in [3.05, 3.63) is 56.7 Å². The van der Waals surface area contributed by atoms with Crippen LogP contribution < -0.4 is 16.6 Å². The Morgan fingerprint density at radius 2 is 1.77 bits per heavy atom. The summed E-state index contributed by atoms with van der Waals surface area (Å²) in [5.74, 6) is -6.43. The average Bonchev–Trinajstić information content (AvgIpc) is 2.59. The van der Waals surface area contributed by atoms with Crippen LogP contribution in [0.5, 0.6) is 0 Å². The van der Waals surface area contributed by atoms with Crippen LogP contribution in [-0.4, -0.2) is 32.6 Å². The van der Waals surface area contributed by atoms with Gasteiger partial charge < -0.3 is 10.4 Å². The van der Waals surface area contributed by atoms with E-state index in [1.54, 1.807) is 0 Å². The topological polar surface area (TPSA) is 104 Å². The lowest BCUT2D eigenvalue weighted by molar-refractivity contribution is -0.137. The van der Waals surface area contributed by atoms with Gasteiger partial charge in [-0.1, -0.05) is 0 Å². The maximum atomic E-state index is 13.4. The maximum Gasteiger partial charge on any atom is 0.334 e. The minimum absolute atomic E-state index is 0.0851. The largest absolute Gasteiger partial charge is 0.481 e. The van der Waals surface area contributed by atoms with Gasteiger partial charge >= 0.3 is 11.7 Å². The van der Waals surface area contributed by atoms with E-state index in [4.69, 9.17) is 5.11 Å². The van der Waals surface area contributed by atoms with Crippen molar-refractivity contribution in [3.63, 3.8) is 0 Å². The molecule has 3 N–H and O–H groups in total. The van der Waals surface area contributed by atoms with E-state index >= 15 is 0 Å². The Balaban J connectivity index is 1.88. The second kappa shape index (κ2) is 8.33. The molecule has 1 atom stereocenters. The van der Waals surface area contributed by atoms with Gasteiger partial charge in [0.25, 0.3) is 5.56 Å². The molecule has 0 saturated heterocycles. The summed E-state index contributed by atoms with van der Waals surface area (Å²) in [7, 11) is 0. The van der Waals surface area contributed by atoms with Crippen LogP contribution in [0.1, 0.15) is 32.1 Å². The lowest BCUT2D eigenvalue weighted by Gasteiger charge is -2.33. The molecular formula is C19H19F4N3O4. The Labute approximate surface area is 167 Å². The summed E-state index contributed by atoms with van der Waals surface area (Å²) < 4.78 is 54.2. The molecule has 162 valence electrons. The van der Waals surface area contributed by atoms with Crippen molar-refractivity contribution < 1.29 is 27.5 Å². The van der Waals surface area contributed by atoms with Gasteiger partial charge in [0.1, 0.15) is 17.5 Å². The van der Waals surface area contributed by atoms with Crippen LogP contribution in [0, 0.1) is 17.6 Å². The van der Waals surface area contributed by atoms with Crippen LogP contribution in [-0.2, 0) is 4.79 Å². The summed E-state index contributed by atoms with van der Waals surface area (Å²) in [6.45, 7) is 0. The molecule has 0 unspecified atom stereocenters. The first kappa shape index (κ1) is 21.6. The van der Waals surface area contributed by atoms with Crippen LogP contribution in [0.15, 0.2) is 33.9 Å². The monoisotopic (exact) mass is 429 g/mol. The fourth-order valence-electron chi connectivity index (χ4n) is 3.67. The number of aromatic amines is 1. The average molecular weight is 429 g/mol. The van der Waals surface area contributed by atoms with Crippen LogP contribution in [0.2, 0.25) is 0 Å². The molecule has 0 aliphatic heterocycles. The zero-order valence-corrected chi connectivity index (χ0v) is 15.6. The molecule has 1 saturated carbocycles. The van der Waals surface area contributed by atoms with E-state index in [2.05, 4.69) is 10.3 Å². The molecule has 11 heteroatoms. The molecule has 0 radical (unpaired) electrons. The number of carboxylic acids is 1. The molecule has 1 aliphatic rings. The van der Waals surface area contributed by atoms with Gasteiger partial charge in [0, 0.05) is 31.0 Å². The summed E-state index contributed by atoms with van der Waals surface area (Å²) in [5, 5.41) is 11.9. The molecule has 1 aromatic carbocycles. The second-order valence-electron chi connectivity index (χ2n) is 7.33. The molecular weight excluding hydrogens is 410 g/mol. The molecule has 0 amide bonds. The number of rotatable bonds is 6. The number of nitrogens with one attached hydrogen (secondary N) is 2. The van der Waals surface area contributed by atoms with E-state index in [1.165, 1.54) is 0 Å². The number of nitrogens with zero attached hydrogens (tertiary/aromatic N) is 1. The van der Waals surface area contributed by atoms with Gasteiger partial charge in [-0.2, -0.15) is 0 Å². The van der Waals surface area contributed by atoms with Crippen molar-refractivity contribution in [2.24, 2.45) is 5.92 Å². The highest BCUT2D eigenvalue weighted by atomic mass is 19.3. The number of hydrogen-bond acceptors (Lipinski definition) is 4. The first-order chi connectivity index (χ1) is 14.0. The Morgan fingerprint density at radius 1 is 1.17 bits per heavy atom. The zero-order valence-electron chi connectivity index (χ0n) is 15.6. The van der Waals surface area contributed by atoms with Crippen LogP contribution in [0.4, 0.5) is 23.4 Å². The number of hydrogen-bond donors (Lipinski definition) is 3. The van der Waals surface area contributed by atoms with E-state index in [0.717, 1.165) is 18.2 Å². The predicted octanol–water partition coefficient (Wildman–Crippen LogP) is 2.88. The predicted molar refractivity (Wildman–Crippen MR) is 99.1 cm³/mol. The third-order valence-corrected chi connectivity index (χ3v) is 5.10. The molecule has 0 spiro atoms. The number of carboxylic acid groups (broad SMARTS) is 1. The summed E-state index contributed by atoms with van der Waals surface area (Å²) >= 11 is 0. The molecule has 3 rings (SSSR count). The second-order valence-corrected chi connectivity index (χ2v) is 7.33. The number of alkyl halides is 2. The number of H-pyrrole nitrogens is 1. The van der Waals surface area contributed by atoms with Gasteiger partial charge in [-0.25, -0.2) is 26.9 Å². The Morgan fingerprint density at radius 3 is 2.30 bits per heavy atom. The van der Waals surface area contributed by atoms with Crippen molar-refractivity contribution in [2.45, 2.75) is 44.1 Å². The third-order valence-electron chi connectivity index (χ3n) is 5.10. The molecule has 1 aromatic heterocycles. The first-order valence-corrected chi connectivity index (χ1v) is 9.23. The highest BCUT2D eigenvalue weighted by molar-refractivity contribution is 5.68. The van der Waals surface area contributed by atoms with Gasteiger partial charge in [-0.05, 0) is 30.9 Å². The number of aromatic nitrogens is 2. The fraction of sp³-hybridized carbons (Fsp3) is 0.421. The summed E-state index contributed by atoms with van der Waals surface area (Å²) in [6.07, 6.45) is -0.989. The lowest BCUT2D eigenvalue weighted by Crippen LogP contribution is -2.39. The van der Waals surface area contributed by atoms with E-state index in [1.807, 2.05) is 0 Å². The molecule has 1 heterocycles.